The molecular formula is C21H22Cl2N2O4. The van der Waals surface area contributed by atoms with E-state index >= 15 is 0 Å². The maximum absolute atomic E-state index is 12.5. The van der Waals surface area contributed by atoms with Crippen LogP contribution in [0.4, 0.5) is 0 Å². The molecule has 0 bridgehead atoms. The van der Waals surface area contributed by atoms with Crippen LogP contribution in [0.15, 0.2) is 48.5 Å². The van der Waals surface area contributed by atoms with Gasteiger partial charge in [-0.3, -0.25) is 14.4 Å². The van der Waals surface area contributed by atoms with E-state index in [0.717, 1.165) is 5.56 Å². The molecule has 154 valence electrons. The fourth-order valence-corrected chi connectivity index (χ4v) is 3.42. The zero-order valence-electron chi connectivity index (χ0n) is 15.9. The summed E-state index contributed by atoms with van der Waals surface area (Å²) in [7, 11) is 0. The molecule has 0 fully saturated rings. The summed E-state index contributed by atoms with van der Waals surface area (Å²) < 4.78 is 0. The monoisotopic (exact) mass is 436 g/mol. The van der Waals surface area contributed by atoms with Gasteiger partial charge >= 0.3 is 5.97 Å². The molecule has 0 saturated carbocycles. The standard InChI is InChI=1S/C21H22Cl2N2O4/c1-14(26)25(8-7-15-5-3-2-4-6-15)13-20(27)24-19(12-21(28)29)16-9-17(22)11-18(23)10-16/h2-6,9-11,19H,7-8,12-13H2,1H3,(H,24,27)(H,28,29)/t19-/m0/s1. The lowest BCUT2D eigenvalue weighted by Gasteiger charge is -2.23. The van der Waals surface area contributed by atoms with Crippen molar-refractivity contribution in [3.8, 4) is 0 Å². The SMILES string of the molecule is CC(=O)N(CCc1ccccc1)CC(=O)N[C@@H](CC(=O)O)c1cc(Cl)cc(Cl)c1. The highest BCUT2D eigenvalue weighted by atomic mass is 35.5. The molecule has 2 amide bonds. The highest BCUT2D eigenvalue weighted by Crippen LogP contribution is 2.25. The number of nitrogens with one attached hydrogen (secondary N) is 1. The summed E-state index contributed by atoms with van der Waals surface area (Å²) in [4.78, 5) is 37.1. The van der Waals surface area contributed by atoms with Gasteiger partial charge in [-0.15, -0.1) is 0 Å². The lowest BCUT2D eigenvalue weighted by molar-refractivity contribution is -0.138. The van der Waals surface area contributed by atoms with Crippen molar-refractivity contribution in [3.63, 3.8) is 0 Å². The van der Waals surface area contributed by atoms with E-state index in [1.54, 1.807) is 12.1 Å². The van der Waals surface area contributed by atoms with E-state index in [1.807, 2.05) is 30.3 Å². The van der Waals surface area contributed by atoms with Gasteiger partial charge in [0.25, 0.3) is 0 Å². The molecule has 0 radical (unpaired) electrons. The number of carbonyl (C=O) groups excluding carboxylic acids is 2. The number of hydrogen-bond acceptors (Lipinski definition) is 3. The third kappa shape index (κ3) is 7.75. The van der Waals surface area contributed by atoms with Crippen LogP contribution in [0.25, 0.3) is 0 Å². The Hall–Kier alpha value is -2.57. The van der Waals surface area contributed by atoms with Gasteiger partial charge in [-0.1, -0.05) is 53.5 Å². The quantitative estimate of drug-likeness (QED) is 0.626. The van der Waals surface area contributed by atoms with E-state index in [2.05, 4.69) is 5.32 Å². The largest absolute Gasteiger partial charge is 0.481 e. The number of carbonyl (C=O) groups is 3. The molecule has 2 rings (SSSR count). The summed E-state index contributed by atoms with van der Waals surface area (Å²) >= 11 is 12.0. The van der Waals surface area contributed by atoms with E-state index in [4.69, 9.17) is 23.2 Å². The van der Waals surface area contributed by atoms with Gasteiger partial charge in [0, 0.05) is 23.5 Å². The molecule has 0 spiro atoms. The third-order valence-electron chi connectivity index (χ3n) is 4.29. The Bertz CT molecular complexity index is 854. The minimum Gasteiger partial charge on any atom is -0.481 e. The molecule has 8 heteroatoms. The summed E-state index contributed by atoms with van der Waals surface area (Å²) in [5, 5.41) is 12.5. The fourth-order valence-electron chi connectivity index (χ4n) is 2.87. The number of rotatable bonds is 9. The van der Waals surface area contributed by atoms with Crippen LogP contribution in [-0.2, 0) is 20.8 Å². The van der Waals surface area contributed by atoms with E-state index < -0.39 is 17.9 Å². The average molecular weight is 437 g/mol. The van der Waals surface area contributed by atoms with Gasteiger partial charge in [0.1, 0.15) is 0 Å². The Morgan fingerprint density at radius 1 is 1.07 bits per heavy atom. The van der Waals surface area contributed by atoms with E-state index in [-0.39, 0.29) is 18.9 Å². The van der Waals surface area contributed by atoms with Gasteiger partial charge in [-0.2, -0.15) is 0 Å². The van der Waals surface area contributed by atoms with Crippen molar-refractivity contribution in [2.45, 2.75) is 25.8 Å². The van der Waals surface area contributed by atoms with Gasteiger partial charge in [0.2, 0.25) is 11.8 Å². The lowest BCUT2D eigenvalue weighted by Crippen LogP contribution is -2.42. The highest BCUT2D eigenvalue weighted by Gasteiger charge is 2.21. The minimum absolute atomic E-state index is 0.174. The smallest absolute Gasteiger partial charge is 0.305 e. The van der Waals surface area contributed by atoms with E-state index in [9.17, 15) is 19.5 Å². The maximum Gasteiger partial charge on any atom is 0.305 e. The summed E-state index contributed by atoms with van der Waals surface area (Å²) in [6.45, 7) is 1.59. The average Bonchev–Trinajstić information content (AvgIpc) is 2.64. The molecule has 0 aliphatic carbocycles. The Morgan fingerprint density at radius 2 is 1.69 bits per heavy atom. The van der Waals surface area contributed by atoms with Gasteiger partial charge in [0.05, 0.1) is 19.0 Å². The molecule has 2 N–H and O–H groups in total. The molecule has 1 atom stereocenters. The predicted molar refractivity (Wildman–Crippen MR) is 112 cm³/mol. The normalized spacial score (nSPS) is 11.6. The molecule has 6 nitrogen and oxygen atoms in total. The van der Waals surface area contributed by atoms with Crippen LogP contribution in [0, 0.1) is 0 Å². The first-order valence-corrected chi connectivity index (χ1v) is 9.76. The Labute approximate surface area is 179 Å². The summed E-state index contributed by atoms with van der Waals surface area (Å²) in [5.41, 5.74) is 1.54. The van der Waals surface area contributed by atoms with Crippen molar-refractivity contribution < 1.29 is 19.5 Å². The van der Waals surface area contributed by atoms with Gasteiger partial charge in [0.15, 0.2) is 0 Å². The number of hydrogen-bond donors (Lipinski definition) is 2. The van der Waals surface area contributed by atoms with Crippen LogP contribution in [0.5, 0.6) is 0 Å². The molecule has 29 heavy (non-hydrogen) atoms. The number of carboxylic acids is 1. The maximum atomic E-state index is 12.5. The first-order valence-electron chi connectivity index (χ1n) is 9.01. The second-order valence-corrected chi connectivity index (χ2v) is 7.47. The zero-order chi connectivity index (χ0) is 21.4. The van der Waals surface area contributed by atoms with Crippen LogP contribution in [0.3, 0.4) is 0 Å². The Morgan fingerprint density at radius 3 is 2.24 bits per heavy atom. The number of benzene rings is 2. The molecular weight excluding hydrogens is 415 g/mol. The molecule has 0 aliphatic rings. The molecule has 0 aliphatic heterocycles. The fraction of sp³-hybridized carbons (Fsp3) is 0.286. The topological polar surface area (TPSA) is 86.7 Å². The van der Waals surface area contributed by atoms with Crippen LogP contribution in [0.2, 0.25) is 10.0 Å². The number of amides is 2. The Kier molecular flexibility index (Phi) is 8.49. The zero-order valence-corrected chi connectivity index (χ0v) is 17.4. The van der Waals surface area contributed by atoms with Crippen LogP contribution < -0.4 is 5.32 Å². The molecule has 0 saturated heterocycles. The second kappa shape index (κ2) is 10.8. The number of halogens is 2. The summed E-state index contributed by atoms with van der Waals surface area (Å²) in [5.74, 6) is -1.79. The molecule has 0 heterocycles. The third-order valence-corrected chi connectivity index (χ3v) is 4.73. The number of carboxylic acid groups (broad SMARTS) is 1. The van der Waals surface area contributed by atoms with Crippen LogP contribution >= 0.6 is 23.2 Å². The molecule has 2 aromatic carbocycles. The molecule has 2 aromatic rings. The first-order chi connectivity index (χ1) is 13.7. The van der Waals surface area contributed by atoms with Gasteiger partial charge in [-0.25, -0.2) is 0 Å². The van der Waals surface area contributed by atoms with Gasteiger partial charge in [-0.05, 0) is 35.7 Å². The van der Waals surface area contributed by atoms with Crippen molar-refractivity contribution in [2.24, 2.45) is 0 Å². The Balaban J connectivity index is 2.06. The van der Waals surface area contributed by atoms with Crippen molar-refractivity contribution in [1.29, 1.82) is 0 Å². The lowest BCUT2D eigenvalue weighted by atomic mass is 10.0. The predicted octanol–water partition coefficient (Wildman–Crippen LogP) is 3.72. The highest BCUT2D eigenvalue weighted by molar-refractivity contribution is 6.34. The second-order valence-electron chi connectivity index (χ2n) is 6.60. The first kappa shape index (κ1) is 22.7. The van der Waals surface area contributed by atoms with Crippen LogP contribution in [-0.4, -0.2) is 40.9 Å². The summed E-state index contributed by atoms with van der Waals surface area (Å²) in [6.07, 6.45) is 0.267. The molecule has 0 aromatic heterocycles. The van der Waals surface area contributed by atoms with Crippen LogP contribution in [0.1, 0.15) is 30.5 Å². The van der Waals surface area contributed by atoms with Gasteiger partial charge < -0.3 is 15.3 Å². The summed E-state index contributed by atoms with van der Waals surface area (Å²) in [6, 6.07) is 13.4. The minimum atomic E-state index is -1.08. The van der Waals surface area contributed by atoms with Crippen molar-refractivity contribution in [2.75, 3.05) is 13.1 Å². The van der Waals surface area contributed by atoms with E-state index in [0.29, 0.717) is 28.6 Å². The molecule has 0 unspecified atom stereocenters. The van der Waals surface area contributed by atoms with Crippen molar-refractivity contribution in [3.05, 3.63) is 69.7 Å². The van der Waals surface area contributed by atoms with Crippen molar-refractivity contribution in [1.82, 2.24) is 10.2 Å². The van der Waals surface area contributed by atoms with E-state index in [1.165, 1.54) is 17.9 Å². The number of aliphatic carboxylic acids is 1. The number of nitrogens with zero attached hydrogens (tertiary/aromatic N) is 1. The van der Waals surface area contributed by atoms with Crippen molar-refractivity contribution >= 4 is 41.0 Å².